The first-order valence-electron chi connectivity index (χ1n) is 5.62. The lowest BCUT2D eigenvalue weighted by Gasteiger charge is -2.49. The number of aliphatic hydroxyl groups excluding tert-OH is 1. The van der Waals surface area contributed by atoms with Crippen molar-refractivity contribution in [2.75, 3.05) is 5.32 Å². The Kier molecular flexibility index (Phi) is 2.66. The highest BCUT2D eigenvalue weighted by molar-refractivity contribution is 5.48. The third kappa shape index (κ3) is 1.80. The van der Waals surface area contributed by atoms with Gasteiger partial charge in [0.1, 0.15) is 5.82 Å². The molecule has 0 saturated heterocycles. The summed E-state index contributed by atoms with van der Waals surface area (Å²) in [4.78, 5) is 0. The highest BCUT2D eigenvalue weighted by Crippen LogP contribution is 2.42. The molecule has 1 aliphatic rings. The highest BCUT2D eigenvalue weighted by Gasteiger charge is 2.47. The van der Waals surface area contributed by atoms with Crippen LogP contribution in [0, 0.1) is 18.2 Å². The number of aliphatic hydroxyl groups is 1. The lowest BCUT2D eigenvalue weighted by atomic mass is 9.64. The molecule has 2 atom stereocenters. The van der Waals surface area contributed by atoms with Gasteiger partial charge in [-0.05, 0) is 31.0 Å². The van der Waals surface area contributed by atoms with E-state index in [1.807, 2.05) is 26.8 Å². The second kappa shape index (κ2) is 3.74. The molecule has 2 nitrogen and oxygen atoms in total. The van der Waals surface area contributed by atoms with E-state index < -0.39 is 0 Å². The highest BCUT2D eigenvalue weighted by atomic mass is 19.1. The van der Waals surface area contributed by atoms with Gasteiger partial charge in [0, 0.05) is 11.5 Å². The van der Waals surface area contributed by atoms with Gasteiger partial charge in [0.15, 0.2) is 0 Å². The zero-order valence-corrected chi connectivity index (χ0v) is 9.92. The van der Waals surface area contributed by atoms with Crippen molar-refractivity contribution in [2.45, 2.75) is 39.3 Å². The SMILES string of the molecule is Cc1ccc(NC2CC(O)C2(C)C)c(F)c1. The summed E-state index contributed by atoms with van der Waals surface area (Å²) in [7, 11) is 0. The molecule has 0 bridgehead atoms. The number of rotatable bonds is 2. The predicted octanol–water partition coefficient (Wildman–Crippen LogP) is 2.71. The van der Waals surface area contributed by atoms with E-state index >= 15 is 0 Å². The molecule has 2 N–H and O–H groups in total. The van der Waals surface area contributed by atoms with Gasteiger partial charge in [-0.2, -0.15) is 0 Å². The Balaban J connectivity index is 2.11. The van der Waals surface area contributed by atoms with Gasteiger partial charge >= 0.3 is 0 Å². The largest absolute Gasteiger partial charge is 0.392 e. The summed E-state index contributed by atoms with van der Waals surface area (Å²) < 4.78 is 13.6. The smallest absolute Gasteiger partial charge is 0.146 e. The lowest BCUT2D eigenvalue weighted by molar-refractivity contribution is -0.0511. The molecule has 1 fully saturated rings. The third-order valence-corrected chi connectivity index (χ3v) is 3.67. The van der Waals surface area contributed by atoms with Crippen LogP contribution < -0.4 is 5.32 Å². The number of hydrogen-bond donors (Lipinski definition) is 2. The molecule has 2 rings (SSSR count). The van der Waals surface area contributed by atoms with E-state index in [0.717, 1.165) is 5.56 Å². The van der Waals surface area contributed by atoms with E-state index in [0.29, 0.717) is 12.1 Å². The zero-order chi connectivity index (χ0) is 11.9. The van der Waals surface area contributed by atoms with Gasteiger partial charge in [-0.3, -0.25) is 0 Å². The predicted molar refractivity (Wildman–Crippen MR) is 63.0 cm³/mol. The molecule has 0 aromatic heterocycles. The van der Waals surface area contributed by atoms with Crippen LogP contribution in [0.3, 0.4) is 0 Å². The summed E-state index contributed by atoms with van der Waals surface area (Å²) in [6.45, 7) is 5.85. The molecule has 16 heavy (non-hydrogen) atoms. The van der Waals surface area contributed by atoms with E-state index in [2.05, 4.69) is 5.32 Å². The van der Waals surface area contributed by atoms with E-state index in [4.69, 9.17) is 0 Å². The molecule has 0 spiro atoms. The van der Waals surface area contributed by atoms with Gasteiger partial charge < -0.3 is 10.4 Å². The minimum atomic E-state index is -0.293. The average Bonchev–Trinajstić information content (AvgIpc) is 2.21. The average molecular weight is 223 g/mol. The Morgan fingerprint density at radius 2 is 2.12 bits per heavy atom. The summed E-state index contributed by atoms with van der Waals surface area (Å²) in [6.07, 6.45) is 0.388. The van der Waals surface area contributed by atoms with Crippen molar-refractivity contribution in [3.05, 3.63) is 29.6 Å². The van der Waals surface area contributed by atoms with Gasteiger partial charge in [-0.1, -0.05) is 19.9 Å². The summed E-state index contributed by atoms with van der Waals surface area (Å²) in [5.41, 5.74) is 1.25. The molecular weight excluding hydrogens is 205 g/mol. The molecule has 1 aromatic rings. The molecule has 0 aliphatic heterocycles. The zero-order valence-electron chi connectivity index (χ0n) is 9.92. The number of nitrogens with one attached hydrogen (secondary N) is 1. The fraction of sp³-hybridized carbons (Fsp3) is 0.538. The lowest BCUT2D eigenvalue weighted by Crippen LogP contribution is -2.57. The van der Waals surface area contributed by atoms with Crippen molar-refractivity contribution in [1.29, 1.82) is 0 Å². The van der Waals surface area contributed by atoms with Crippen LogP contribution >= 0.6 is 0 Å². The Labute approximate surface area is 95.5 Å². The number of hydrogen-bond acceptors (Lipinski definition) is 2. The quantitative estimate of drug-likeness (QED) is 0.808. The van der Waals surface area contributed by atoms with Crippen LogP contribution in [-0.2, 0) is 0 Å². The number of benzene rings is 1. The van der Waals surface area contributed by atoms with Gasteiger partial charge in [-0.25, -0.2) is 4.39 Å². The molecule has 0 amide bonds. The molecule has 1 aliphatic carbocycles. The van der Waals surface area contributed by atoms with Crippen LogP contribution in [0.25, 0.3) is 0 Å². The maximum Gasteiger partial charge on any atom is 0.146 e. The van der Waals surface area contributed by atoms with E-state index in [1.54, 1.807) is 6.07 Å². The second-order valence-corrected chi connectivity index (χ2v) is 5.25. The number of anilines is 1. The summed E-state index contributed by atoms with van der Waals surface area (Å²) >= 11 is 0. The van der Waals surface area contributed by atoms with Crippen molar-refractivity contribution in [1.82, 2.24) is 0 Å². The number of aryl methyl sites for hydroxylation is 1. The van der Waals surface area contributed by atoms with Crippen LogP contribution in [0.4, 0.5) is 10.1 Å². The third-order valence-electron chi connectivity index (χ3n) is 3.67. The maximum atomic E-state index is 13.6. The van der Waals surface area contributed by atoms with Crippen LogP contribution in [0.2, 0.25) is 0 Å². The molecule has 1 saturated carbocycles. The Morgan fingerprint density at radius 3 is 2.62 bits per heavy atom. The van der Waals surface area contributed by atoms with Crippen LogP contribution in [0.15, 0.2) is 18.2 Å². The molecule has 3 heteroatoms. The van der Waals surface area contributed by atoms with Gasteiger partial charge in [0.05, 0.1) is 11.8 Å². The van der Waals surface area contributed by atoms with Crippen LogP contribution in [-0.4, -0.2) is 17.3 Å². The molecule has 0 radical (unpaired) electrons. The van der Waals surface area contributed by atoms with E-state index in [9.17, 15) is 9.50 Å². The monoisotopic (exact) mass is 223 g/mol. The fourth-order valence-corrected chi connectivity index (χ4v) is 2.07. The molecule has 0 heterocycles. The van der Waals surface area contributed by atoms with Crippen molar-refractivity contribution in [2.24, 2.45) is 5.41 Å². The minimum Gasteiger partial charge on any atom is -0.392 e. The molecule has 88 valence electrons. The first-order chi connectivity index (χ1) is 7.41. The number of halogens is 1. The summed E-state index contributed by atoms with van der Waals surface area (Å²) in [6, 6.07) is 5.29. The Bertz CT molecular complexity index is 403. The first-order valence-corrected chi connectivity index (χ1v) is 5.62. The van der Waals surface area contributed by atoms with Gasteiger partial charge in [0.2, 0.25) is 0 Å². The van der Waals surface area contributed by atoms with Crippen LogP contribution in [0.5, 0.6) is 0 Å². The van der Waals surface area contributed by atoms with Crippen molar-refractivity contribution < 1.29 is 9.50 Å². The Morgan fingerprint density at radius 1 is 1.44 bits per heavy atom. The molecule has 2 unspecified atom stereocenters. The molecular formula is C13H18FNO. The second-order valence-electron chi connectivity index (χ2n) is 5.25. The standard InChI is InChI=1S/C13H18FNO/c1-8-4-5-10(9(14)6-8)15-11-7-12(16)13(11,2)3/h4-6,11-12,15-16H,7H2,1-3H3. The van der Waals surface area contributed by atoms with Gasteiger partial charge in [0.25, 0.3) is 0 Å². The minimum absolute atomic E-state index is 0.139. The van der Waals surface area contributed by atoms with Gasteiger partial charge in [-0.15, -0.1) is 0 Å². The normalized spacial score (nSPS) is 27.3. The molecule has 1 aromatic carbocycles. The van der Waals surface area contributed by atoms with E-state index in [1.165, 1.54) is 6.07 Å². The first kappa shape index (κ1) is 11.4. The maximum absolute atomic E-state index is 13.6. The topological polar surface area (TPSA) is 32.3 Å². The fourth-order valence-electron chi connectivity index (χ4n) is 2.07. The van der Waals surface area contributed by atoms with Crippen LogP contribution in [0.1, 0.15) is 25.8 Å². The van der Waals surface area contributed by atoms with Crippen molar-refractivity contribution in [3.8, 4) is 0 Å². The van der Waals surface area contributed by atoms with E-state index in [-0.39, 0.29) is 23.4 Å². The van der Waals surface area contributed by atoms with Crippen molar-refractivity contribution in [3.63, 3.8) is 0 Å². The summed E-state index contributed by atoms with van der Waals surface area (Å²) in [5.74, 6) is -0.225. The Hall–Kier alpha value is -1.09. The summed E-state index contributed by atoms with van der Waals surface area (Å²) in [5, 5.41) is 12.8. The van der Waals surface area contributed by atoms with Crippen molar-refractivity contribution >= 4 is 5.69 Å².